The Kier molecular flexibility index (Phi) is 3.79. The van der Waals surface area contributed by atoms with Crippen molar-refractivity contribution in [2.45, 2.75) is 26.4 Å². The number of rotatable bonds is 2. The van der Waals surface area contributed by atoms with Gasteiger partial charge in [0.05, 0.1) is 0 Å². The van der Waals surface area contributed by atoms with Crippen LogP contribution in [-0.4, -0.2) is 24.2 Å². The average Bonchev–Trinajstić information content (AvgIpc) is 2.74. The maximum absolute atomic E-state index is 11.5. The molecular formula is C15H17NO4. The fourth-order valence-corrected chi connectivity index (χ4v) is 1.73. The molecule has 0 saturated heterocycles. The molecule has 1 aliphatic heterocycles. The third-order valence-corrected chi connectivity index (χ3v) is 2.55. The standard InChI is InChI=1S/C15H17NO4/c1-15(2,3)20-14(18)19-12-8-6-11(7-9-12)16-10-4-5-13(16)17/h4-9H,10H2,1-3H3. The Morgan fingerprint density at radius 1 is 1.20 bits per heavy atom. The fourth-order valence-electron chi connectivity index (χ4n) is 1.73. The van der Waals surface area contributed by atoms with E-state index in [-0.39, 0.29) is 5.91 Å². The second-order valence-electron chi connectivity index (χ2n) is 5.41. The summed E-state index contributed by atoms with van der Waals surface area (Å²) < 4.78 is 10.1. The molecule has 20 heavy (non-hydrogen) atoms. The molecule has 0 bridgehead atoms. The second-order valence-corrected chi connectivity index (χ2v) is 5.41. The van der Waals surface area contributed by atoms with Crippen molar-refractivity contribution in [3.05, 3.63) is 36.4 Å². The largest absolute Gasteiger partial charge is 0.514 e. The smallest absolute Gasteiger partial charge is 0.428 e. The SMILES string of the molecule is CC(C)(C)OC(=O)Oc1ccc(N2CC=CC2=O)cc1. The van der Waals surface area contributed by atoms with Crippen LogP contribution in [0.5, 0.6) is 5.75 Å². The van der Waals surface area contributed by atoms with Gasteiger partial charge in [0.15, 0.2) is 0 Å². The summed E-state index contributed by atoms with van der Waals surface area (Å²) in [5.74, 6) is 0.327. The Bertz CT molecular complexity index is 540. The van der Waals surface area contributed by atoms with Gasteiger partial charge in [0, 0.05) is 18.3 Å². The molecule has 0 atom stereocenters. The van der Waals surface area contributed by atoms with E-state index < -0.39 is 11.8 Å². The summed E-state index contributed by atoms with van der Waals surface area (Å²) in [6, 6.07) is 6.71. The van der Waals surface area contributed by atoms with E-state index in [0.717, 1.165) is 5.69 Å². The first-order chi connectivity index (χ1) is 9.35. The van der Waals surface area contributed by atoms with Gasteiger partial charge in [-0.25, -0.2) is 4.79 Å². The Labute approximate surface area is 117 Å². The number of benzene rings is 1. The quantitative estimate of drug-likeness (QED) is 0.615. The van der Waals surface area contributed by atoms with Crippen LogP contribution in [0, 0.1) is 0 Å². The molecule has 0 unspecified atom stereocenters. The summed E-state index contributed by atoms with van der Waals surface area (Å²) >= 11 is 0. The van der Waals surface area contributed by atoms with Crippen LogP contribution in [0.15, 0.2) is 36.4 Å². The highest BCUT2D eigenvalue weighted by Gasteiger charge is 2.19. The molecule has 1 aliphatic rings. The number of anilines is 1. The molecule has 0 saturated carbocycles. The Morgan fingerprint density at radius 2 is 1.85 bits per heavy atom. The molecule has 106 valence electrons. The molecule has 0 spiro atoms. The topological polar surface area (TPSA) is 55.8 Å². The predicted octanol–water partition coefficient (Wildman–Crippen LogP) is 2.90. The summed E-state index contributed by atoms with van der Waals surface area (Å²) in [4.78, 5) is 24.7. The Balaban J connectivity index is 1.98. The molecule has 5 heteroatoms. The van der Waals surface area contributed by atoms with Crippen molar-refractivity contribution >= 4 is 17.7 Å². The molecule has 1 heterocycles. The van der Waals surface area contributed by atoms with Crippen molar-refractivity contribution in [2.24, 2.45) is 0 Å². The van der Waals surface area contributed by atoms with Gasteiger partial charge >= 0.3 is 6.16 Å². The molecule has 1 aromatic carbocycles. The first-order valence-electron chi connectivity index (χ1n) is 6.34. The van der Waals surface area contributed by atoms with E-state index >= 15 is 0 Å². The highest BCUT2D eigenvalue weighted by atomic mass is 16.7. The highest BCUT2D eigenvalue weighted by molar-refractivity contribution is 6.04. The maximum atomic E-state index is 11.5. The first-order valence-corrected chi connectivity index (χ1v) is 6.34. The summed E-state index contributed by atoms with van der Waals surface area (Å²) in [5.41, 5.74) is 0.168. The van der Waals surface area contributed by atoms with Crippen LogP contribution >= 0.6 is 0 Å². The van der Waals surface area contributed by atoms with Gasteiger partial charge in [0.25, 0.3) is 5.91 Å². The van der Waals surface area contributed by atoms with E-state index in [1.54, 1.807) is 56.0 Å². The van der Waals surface area contributed by atoms with E-state index in [0.29, 0.717) is 12.3 Å². The van der Waals surface area contributed by atoms with Gasteiger partial charge in [0.2, 0.25) is 0 Å². The zero-order chi connectivity index (χ0) is 14.8. The van der Waals surface area contributed by atoms with Crippen molar-refractivity contribution in [1.82, 2.24) is 0 Å². The van der Waals surface area contributed by atoms with Crippen LogP contribution in [0.3, 0.4) is 0 Å². The predicted molar refractivity (Wildman–Crippen MR) is 74.8 cm³/mol. The van der Waals surface area contributed by atoms with Crippen LogP contribution in [0.4, 0.5) is 10.5 Å². The Hall–Kier alpha value is -2.30. The summed E-state index contributed by atoms with van der Waals surface area (Å²) in [5, 5.41) is 0. The monoisotopic (exact) mass is 275 g/mol. The van der Waals surface area contributed by atoms with Gasteiger partial charge < -0.3 is 14.4 Å². The maximum Gasteiger partial charge on any atom is 0.514 e. The molecule has 2 rings (SSSR count). The van der Waals surface area contributed by atoms with E-state index in [4.69, 9.17) is 9.47 Å². The lowest BCUT2D eigenvalue weighted by Crippen LogP contribution is -2.26. The second kappa shape index (κ2) is 5.36. The zero-order valence-corrected chi connectivity index (χ0v) is 11.8. The van der Waals surface area contributed by atoms with Crippen LogP contribution in [0.25, 0.3) is 0 Å². The van der Waals surface area contributed by atoms with E-state index in [9.17, 15) is 9.59 Å². The fraction of sp³-hybridized carbons (Fsp3) is 0.333. The van der Waals surface area contributed by atoms with E-state index in [2.05, 4.69) is 0 Å². The number of carbonyl (C=O) groups is 2. The van der Waals surface area contributed by atoms with Crippen molar-refractivity contribution in [2.75, 3.05) is 11.4 Å². The highest BCUT2D eigenvalue weighted by Crippen LogP contribution is 2.22. The number of nitrogens with zero attached hydrogens (tertiary/aromatic N) is 1. The lowest BCUT2D eigenvalue weighted by molar-refractivity contribution is -0.113. The van der Waals surface area contributed by atoms with Gasteiger partial charge in [-0.15, -0.1) is 0 Å². The molecule has 0 fully saturated rings. The number of carbonyl (C=O) groups excluding carboxylic acids is 2. The van der Waals surface area contributed by atoms with E-state index in [1.807, 2.05) is 0 Å². The lowest BCUT2D eigenvalue weighted by atomic mass is 10.2. The minimum atomic E-state index is -0.746. The number of hydrogen-bond donors (Lipinski definition) is 0. The molecule has 5 nitrogen and oxygen atoms in total. The summed E-state index contributed by atoms with van der Waals surface area (Å²) in [6.45, 7) is 5.86. The van der Waals surface area contributed by atoms with Crippen molar-refractivity contribution in [3.63, 3.8) is 0 Å². The van der Waals surface area contributed by atoms with Gasteiger partial charge in [-0.2, -0.15) is 0 Å². The minimum Gasteiger partial charge on any atom is -0.428 e. The van der Waals surface area contributed by atoms with Crippen molar-refractivity contribution in [3.8, 4) is 5.75 Å². The number of hydrogen-bond acceptors (Lipinski definition) is 4. The molecular weight excluding hydrogens is 258 g/mol. The third-order valence-electron chi connectivity index (χ3n) is 2.55. The van der Waals surface area contributed by atoms with Crippen LogP contribution in [-0.2, 0) is 9.53 Å². The van der Waals surface area contributed by atoms with Crippen LogP contribution in [0.1, 0.15) is 20.8 Å². The third kappa shape index (κ3) is 3.60. The molecule has 0 N–H and O–H groups in total. The van der Waals surface area contributed by atoms with Gasteiger partial charge in [-0.1, -0.05) is 6.08 Å². The summed E-state index contributed by atoms with van der Waals surface area (Å²) in [6.07, 6.45) is 2.59. The minimum absolute atomic E-state index is 0.0502. The number of ether oxygens (including phenoxy) is 2. The molecule has 1 aromatic rings. The zero-order valence-electron chi connectivity index (χ0n) is 11.8. The lowest BCUT2D eigenvalue weighted by Gasteiger charge is -2.19. The van der Waals surface area contributed by atoms with Gasteiger partial charge in [-0.3, -0.25) is 4.79 Å². The van der Waals surface area contributed by atoms with Gasteiger partial charge in [-0.05, 0) is 45.0 Å². The number of amides is 1. The molecule has 1 amide bonds. The van der Waals surface area contributed by atoms with E-state index in [1.165, 1.54) is 6.08 Å². The first kappa shape index (κ1) is 14.1. The molecule has 0 aromatic heterocycles. The molecule has 0 radical (unpaired) electrons. The average molecular weight is 275 g/mol. The van der Waals surface area contributed by atoms with Crippen LogP contribution < -0.4 is 9.64 Å². The normalized spacial score (nSPS) is 14.6. The Morgan fingerprint density at radius 3 is 2.35 bits per heavy atom. The van der Waals surface area contributed by atoms with Gasteiger partial charge in [0.1, 0.15) is 11.4 Å². The van der Waals surface area contributed by atoms with Crippen molar-refractivity contribution < 1.29 is 19.1 Å². The van der Waals surface area contributed by atoms with Crippen molar-refractivity contribution in [1.29, 1.82) is 0 Å². The van der Waals surface area contributed by atoms with Crippen LogP contribution in [0.2, 0.25) is 0 Å². The summed E-state index contributed by atoms with van der Waals surface area (Å²) in [7, 11) is 0. The molecule has 0 aliphatic carbocycles.